The molecule has 2 nitrogen and oxygen atoms in total. The molecule has 0 saturated carbocycles. The number of rotatable bonds is 5. The summed E-state index contributed by atoms with van der Waals surface area (Å²) in [5.74, 6) is 1.23. The fraction of sp³-hybridized carbons (Fsp3) is 0.0357. The van der Waals surface area contributed by atoms with Crippen molar-refractivity contribution in [2.24, 2.45) is 5.92 Å². The van der Waals surface area contributed by atoms with Crippen molar-refractivity contribution < 1.29 is 8.83 Å². The standard InChI is InChI=1S/C56H36O2/c1-3-12-35(13-4-1)37-22-23-39-29-40(25-24-38(39)28-37)42-30-43(45-19-11-21-53-55(45)49-18-9-10-20-52(49)57-53)32-44(31-42)50-34-51-47-27-26-41(36-14-5-2-6-15-36)33-54(47)58-56(51)48-17-8-7-16-46(48)50/h1-34,46,48H. The van der Waals surface area contributed by atoms with E-state index in [9.17, 15) is 0 Å². The lowest BCUT2D eigenvalue weighted by Gasteiger charge is -2.30. The lowest BCUT2D eigenvalue weighted by molar-refractivity contribution is 0.496. The number of benzene rings is 8. The van der Waals surface area contributed by atoms with Crippen LogP contribution in [0.1, 0.15) is 22.8 Å². The molecule has 0 N–H and O–H groups in total. The zero-order valence-corrected chi connectivity index (χ0v) is 31.6. The molecule has 0 aliphatic heterocycles. The molecule has 2 aliphatic rings. The molecule has 0 amide bonds. The van der Waals surface area contributed by atoms with E-state index in [1.807, 2.05) is 6.07 Å². The molecule has 0 radical (unpaired) electrons. The molecule has 2 unspecified atom stereocenters. The van der Waals surface area contributed by atoms with E-state index in [1.165, 1.54) is 55.3 Å². The van der Waals surface area contributed by atoms with Crippen LogP contribution in [0.2, 0.25) is 0 Å². The highest BCUT2D eigenvalue weighted by Crippen LogP contribution is 2.50. The van der Waals surface area contributed by atoms with Crippen molar-refractivity contribution in [3.05, 3.63) is 217 Å². The van der Waals surface area contributed by atoms with Crippen molar-refractivity contribution >= 4 is 55.3 Å². The van der Waals surface area contributed by atoms with Crippen LogP contribution in [0.15, 0.2) is 209 Å². The summed E-state index contributed by atoms with van der Waals surface area (Å²) >= 11 is 0. The van der Waals surface area contributed by atoms with Crippen molar-refractivity contribution in [1.29, 1.82) is 0 Å². The summed E-state index contributed by atoms with van der Waals surface area (Å²) in [5, 5.41) is 5.85. The first-order valence-corrected chi connectivity index (χ1v) is 20.1. The highest BCUT2D eigenvalue weighted by Gasteiger charge is 2.35. The minimum Gasteiger partial charge on any atom is -0.460 e. The fourth-order valence-corrected chi connectivity index (χ4v) is 9.39. The third kappa shape index (κ3) is 5.33. The predicted octanol–water partition coefficient (Wildman–Crippen LogP) is 15.5. The highest BCUT2D eigenvalue weighted by atomic mass is 16.3. The van der Waals surface area contributed by atoms with Gasteiger partial charge in [0.25, 0.3) is 0 Å². The van der Waals surface area contributed by atoms with Crippen LogP contribution >= 0.6 is 0 Å². The van der Waals surface area contributed by atoms with Gasteiger partial charge >= 0.3 is 0 Å². The number of para-hydroxylation sites is 1. The Morgan fingerprint density at radius 2 is 0.983 bits per heavy atom. The molecular formula is C56H36O2. The van der Waals surface area contributed by atoms with Gasteiger partial charge < -0.3 is 8.83 Å². The zero-order chi connectivity index (χ0) is 38.2. The van der Waals surface area contributed by atoms with E-state index in [0.29, 0.717) is 0 Å². The molecule has 12 rings (SSSR count). The Labute approximate surface area is 336 Å². The molecule has 8 aromatic carbocycles. The van der Waals surface area contributed by atoms with Crippen molar-refractivity contribution in [3.63, 3.8) is 0 Å². The number of hydrogen-bond acceptors (Lipinski definition) is 2. The second kappa shape index (κ2) is 13.1. The summed E-state index contributed by atoms with van der Waals surface area (Å²) in [6, 6.07) is 63.4. The van der Waals surface area contributed by atoms with Gasteiger partial charge in [-0.1, -0.05) is 146 Å². The maximum absolute atomic E-state index is 6.81. The van der Waals surface area contributed by atoms with E-state index < -0.39 is 0 Å². The van der Waals surface area contributed by atoms with Gasteiger partial charge in [-0.25, -0.2) is 0 Å². The van der Waals surface area contributed by atoms with Gasteiger partial charge in [0.1, 0.15) is 22.5 Å². The molecule has 0 spiro atoms. The molecule has 2 aromatic heterocycles. The molecular weight excluding hydrogens is 705 g/mol. The van der Waals surface area contributed by atoms with Crippen LogP contribution in [-0.2, 0) is 0 Å². The monoisotopic (exact) mass is 740 g/mol. The van der Waals surface area contributed by atoms with Gasteiger partial charge in [0, 0.05) is 33.6 Å². The van der Waals surface area contributed by atoms with Crippen LogP contribution in [0.25, 0.3) is 99.8 Å². The molecule has 0 bridgehead atoms. The zero-order valence-electron chi connectivity index (χ0n) is 31.6. The first-order valence-electron chi connectivity index (χ1n) is 20.1. The number of fused-ring (bicyclic) bond motifs is 9. The van der Waals surface area contributed by atoms with Crippen LogP contribution in [-0.4, -0.2) is 0 Å². The van der Waals surface area contributed by atoms with E-state index in [2.05, 4.69) is 200 Å². The summed E-state index contributed by atoms with van der Waals surface area (Å²) in [7, 11) is 0. The SMILES string of the molecule is C1=CC2C(c3cc(-c4ccc5cc(-c6ccccc6)ccc5c4)cc(-c4cccc5oc6ccccc6c45)c3)=Cc3c(oc4cc(-c5ccccc5)ccc34)C2C=C1. The minimum absolute atomic E-state index is 0.0837. The van der Waals surface area contributed by atoms with Gasteiger partial charge in [-0.3, -0.25) is 0 Å². The van der Waals surface area contributed by atoms with E-state index in [-0.39, 0.29) is 11.8 Å². The maximum Gasteiger partial charge on any atom is 0.136 e. The van der Waals surface area contributed by atoms with Crippen LogP contribution < -0.4 is 0 Å². The van der Waals surface area contributed by atoms with Gasteiger partial charge in [0.15, 0.2) is 0 Å². The first kappa shape index (κ1) is 32.8. The molecule has 2 atom stereocenters. The average Bonchev–Trinajstić information content (AvgIpc) is 3.87. The first-order chi connectivity index (χ1) is 28.7. The van der Waals surface area contributed by atoms with Crippen molar-refractivity contribution in [3.8, 4) is 44.5 Å². The van der Waals surface area contributed by atoms with Crippen LogP contribution in [0.4, 0.5) is 0 Å². The number of hydrogen-bond donors (Lipinski definition) is 0. The van der Waals surface area contributed by atoms with Crippen molar-refractivity contribution in [2.75, 3.05) is 0 Å². The minimum atomic E-state index is 0.0837. The Balaban J connectivity index is 1.06. The molecule has 2 heterocycles. The van der Waals surface area contributed by atoms with Crippen molar-refractivity contribution in [1.82, 2.24) is 0 Å². The number of allylic oxidation sites excluding steroid dienone is 5. The maximum atomic E-state index is 6.81. The van der Waals surface area contributed by atoms with Gasteiger partial charge in [-0.2, -0.15) is 0 Å². The van der Waals surface area contributed by atoms with E-state index in [0.717, 1.165) is 55.4 Å². The summed E-state index contributed by atoms with van der Waals surface area (Å²) in [4.78, 5) is 0. The highest BCUT2D eigenvalue weighted by molar-refractivity contribution is 6.13. The lowest BCUT2D eigenvalue weighted by atomic mass is 9.73. The quantitative estimate of drug-likeness (QED) is 0.176. The van der Waals surface area contributed by atoms with E-state index in [4.69, 9.17) is 8.83 Å². The Morgan fingerprint density at radius 1 is 0.362 bits per heavy atom. The van der Waals surface area contributed by atoms with Crippen LogP contribution in [0, 0.1) is 5.92 Å². The van der Waals surface area contributed by atoms with Crippen molar-refractivity contribution in [2.45, 2.75) is 5.92 Å². The Kier molecular flexibility index (Phi) is 7.39. The molecule has 2 heteroatoms. The Morgan fingerprint density at radius 3 is 1.76 bits per heavy atom. The third-order valence-corrected chi connectivity index (χ3v) is 12.2. The third-order valence-electron chi connectivity index (χ3n) is 12.2. The molecule has 0 saturated heterocycles. The predicted molar refractivity (Wildman–Crippen MR) is 242 cm³/mol. The fourth-order valence-electron chi connectivity index (χ4n) is 9.39. The molecule has 0 fully saturated rings. The number of furan rings is 2. The molecule has 10 aromatic rings. The van der Waals surface area contributed by atoms with E-state index >= 15 is 0 Å². The second-order valence-electron chi connectivity index (χ2n) is 15.6. The van der Waals surface area contributed by atoms with Crippen LogP contribution in [0.3, 0.4) is 0 Å². The largest absolute Gasteiger partial charge is 0.460 e. The normalized spacial score (nSPS) is 15.9. The van der Waals surface area contributed by atoms with Gasteiger partial charge in [0.2, 0.25) is 0 Å². The Hall–Kier alpha value is -7.42. The molecule has 58 heavy (non-hydrogen) atoms. The summed E-state index contributed by atoms with van der Waals surface area (Å²) < 4.78 is 13.2. The molecule has 272 valence electrons. The second-order valence-corrected chi connectivity index (χ2v) is 15.6. The van der Waals surface area contributed by atoms with Gasteiger partial charge in [0.05, 0.1) is 0 Å². The summed E-state index contributed by atoms with van der Waals surface area (Å²) in [5.41, 5.74) is 15.8. The average molecular weight is 741 g/mol. The molecule has 2 aliphatic carbocycles. The van der Waals surface area contributed by atoms with Crippen LogP contribution in [0.5, 0.6) is 0 Å². The summed E-state index contributed by atoms with van der Waals surface area (Å²) in [6.45, 7) is 0. The topological polar surface area (TPSA) is 26.3 Å². The Bertz CT molecular complexity index is 3340. The van der Waals surface area contributed by atoms with E-state index in [1.54, 1.807) is 0 Å². The lowest BCUT2D eigenvalue weighted by Crippen LogP contribution is -2.17. The smallest absolute Gasteiger partial charge is 0.136 e. The summed E-state index contributed by atoms with van der Waals surface area (Å²) in [6.07, 6.45) is 11.4. The van der Waals surface area contributed by atoms with Gasteiger partial charge in [-0.05, 0) is 127 Å². The van der Waals surface area contributed by atoms with Gasteiger partial charge in [-0.15, -0.1) is 0 Å².